The van der Waals surface area contributed by atoms with E-state index in [1.54, 1.807) is 24.3 Å². The number of methoxy groups -OCH3 is 1. The molecule has 0 fully saturated rings. The summed E-state index contributed by atoms with van der Waals surface area (Å²) < 4.78 is 30.6. The Kier molecular flexibility index (Phi) is 6.42. The van der Waals surface area contributed by atoms with Crippen LogP contribution in [0, 0.1) is 18.3 Å². The molecule has 7 nitrogen and oxygen atoms in total. The van der Waals surface area contributed by atoms with Gasteiger partial charge in [0.15, 0.2) is 0 Å². The number of aryl methyl sites for hydroxylation is 1. The average molecular weight is 387 g/mol. The minimum Gasteiger partial charge on any atom is -0.495 e. The number of amides is 1. The number of carbonyl (C=O) groups is 1. The van der Waals surface area contributed by atoms with Gasteiger partial charge in [0.05, 0.1) is 36.4 Å². The Morgan fingerprint density at radius 2 is 1.89 bits per heavy atom. The Bertz CT molecular complexity index is 963. The number of sulfonamides is 1. The molecule has 0 heterocycles. The predicted molar refractivity (Wildman–Crippen MR) is 104 cm³/mol. The molecule has 0 atom stereocenters. The molecule has 0 saturated carbocycles. The summed E-state index contributed by atoms with van der Waals surface area (Å²) in [6.45, 7) is 1.87. The van der Waals surface area contributed by atoms with Crippen LogP contribution in [0.2, 0.25) is 0 Å². The second-order valence-electron chi connectivity index (χ2n) is 6.00. The number of hydrogen-bond donors (Lipinski definition) is 1. The Hall–Kier alpha value is -3.05. The predicted octanol–water partition coefficient (Wildman–Crippen LogP) is 2.67. The van der Waals surface area contributed by atoms with Crippen LogP contribution in [0.1, 0.15) is 17.5 Å². The van der Waals surface area contributed by atoms with Crippen molar-refractivity contribution in [3.05, 3.63) is 53.6 Å². The summed E-state index contributed by atoms with van der Waals surface area (Å²) in [4.78, 5) is 12.3. The molecule has 2 aromatic rings. The van der Waals surface area contributed by atoms with Crippen LogP contribution < -0.4 is 14.4 Å². The fourth-order valence-corrected chi connectivity index (χ4v) is 3.45. The van der Waals surface area contributed by atoms with Crippen molar-refractivity contribution in [2.45, 2.75) is 13.3 Å². The Morgan fingerprint density at radius 3 is 2.44 bits per heavy atom. The normalized spacial score (nSPS) is 10.7. The lowest BCUT2D eigenvalue weighted by Gasteiger charge is -2.22. The van der Waals surface area contributed by atoms with Crippen LogP contribution in [-0.2, 0) is 14.8 Å². The molecule has 1 N–H and O–H groups in total. The van der Waals surface area contributed by atoms with E-state index >= 15 is 0 Å². The third-order valence-electron chi connectivity index (χ3n) is 3.86. The summed E-state index contributed by atoms with van der Waals surface area (Å²) in [6.07, 6.45) is 1.04. The molecule has 0 radical (unpaired) electrons. The van der Waals surface area contributed by atoms with E-state index in [1.807, 2.05) is 19.1 Å². The average Bonchev–Trinajstić information content (AvgIpc) is 2.61. The van der Waals surface area contributed by atoms with Gasteiger partial charge in [0.1, 0.15) is 5.75 Å². The highest BCUT2D eigenvalue weighted by Gasteiger charge is 2.19. The molecule has 0 aliphatic carbocycles. The van der Waals surface area contributed by atoms with Crippen molar-refractivity contribution in [2.75, 3.05) is 29.5 Å². The van der Waals surface area contributed by atoms with Gasteiger partial charge in [-0.15, -0.1) is 0 Å². The molecule has 27 heavy (non-hydrogen) atoms. The molecule has 142 valence electrons. The number of benzene rings is 2. The number of ether oxygens (including phenoxy) is 1. The standard InChI is InChI=1S/C19H21N3O4S/c1-14-4-9-18(26-2)17(12-14)21-19(23)10-11-22(27(3,24)25)16-7-5-15(13-20)6-8-16/h4-9,12H,10-11H2,1-3H3,(H,21,23). The number of nitrogens with zero attached hydrogens (tertiary/aromatic N) is 2. The molecule has 2 aromatic carbocycles. The first kappa shape index (κ1) is 20.3. The van der Waals surface area contributed by atoms with Crippen LogP contribution >= 0.6 is 0 Å². The molecular weight excluding hydrogens is 366 g/mol. The minimum absolute atomic E-state index is 0.0231. The number of rotatable bonds is 7. The monoisotopic (exact) mass is 387 g/mol. The van der Waals surface area contributed by atoms with Crippen LogP contribution in [0.25, 0.3) is 0 Å². The van der Waals surface area contributed by atoms with E-state index in [2.05, 4.69) is 5.32 Å². The second kappa shape index (κ2) is 8.56. The first-order chi connectivity index (χ1) is 12.7. The smallest absolute Gasteiger partial charge is 0.232 e. The van der Waals surface area contributed by atoms with Crippen molar-refractivity contribution in [3.8, 4) is 11.8 Å². The second-order valence-corrected chi connectivity index (χ2v) is 7.90. The fraction of sp³-hybridized carbons (Fsp3) is 0.263. The van der Waals surface area contributed by atoms with Gasteiger partial charge < -0.3 is 10.1 Å². The lowest BCUT2D eigenvalue weighted by molar-refractivity contribution is -0.116. The Balaban J connectivity index is 2.12. The largest absolute Gasteiger partial charge is 0.495 e. The van der Waals surface area contributed by atoms with Gasteiger partial charge in [0.25, 0.3) is 0 Å². The van der Waals surface area contributed by atoms with E-state index in [4.69, 9.17) is 10.00 Å². The molecule has 0 saturated heterocycles. The van der Waals surface area contributed by atoms with Crippen molar-refractivity contribution < 1.29 is 17.9 Å². The van der Waals surface area contributed by atoms with E-state index in [1.165, 1.54) is 19.2 Å². The molecule has 8 heteroatoms. The molecular formula is C19H21N3O4S. The molecule has 0 aliphatic rings. The maximum absolute atomic E-state index is 12.3. The van der Waals surface area contributed by atoms with Crippen LogP contribution in [0.3, 0.4) is 0 Å². The summed E-state index contributed by atoms with van der Waals surface area (Å²) in [5.41, 5.74) is 2.32. The zero-order valence-corrected chi connectivity index (χ0v) is 16.2. The highest BCUT2D eigenvalue weighted by Crippen LogP contribution is 2.25. The first-order valence-corrected chi connectivity index (χ1v) is 10.0. The summed E-state index contributed by atoms with van der Waals surface area (Å²) in [5.74, 6) is 0.196. The summed E-state index contributed by atoms with van der Waals surface area (Å²) in [7, 11) is -2.07. The highest BCUT2D eigenvalue weighted by molar-refractivity contribution is 7.92. The zero-order valence-electron chi connectivity index (χ0n) is 15.4. The van der Waals surface area contributed by atoms with Gasteiger partial charge in [0.2, 0.25) is 15.9 Å². The molecule has 2 rings (SSSR count). The number of anilines is 2. The van der Waals surface area contributed by atoms with E-state index in [9.17, 15) is 13.2 Å². The SMILES string of the molecule is COc1ccc(C)cc1NC(=O)CCN(c1ccc(C#N)cc1)S(C)(=O)=O. The van der Waals surface area contributed by atoms with Crippen LogP contribution in [0.15, 0.2) is 42.5 Å². The third-order valence-corrected chi connectivity index (χ3v) is 5.05. The Morgan fingerprint density at radius 1 is 1.22 bits per heavy atom. The van der Waals surface area contributed by atoms with Gasteiger partial charge in [-0.3, -0.25) is 9.10 Å². The number of carbonyl (C=O) groups excluding carboxylic acids is 1. The number of hydrogen-bond acceptors (Lipinski definition) is 5. The van der Waals surface area contributed by atoms with Crippen LogP contribution in [0.5, 0.6) is 5.75 Å². The molecule has 0 bridgehead atoms. The molecule has 0 aromatic heterocycles. The molecule has 0 aliphatic heterocycles. The molecule has 0 spiro atoms. The number of nitrogens with one attached hydrogen (secondary N) is 1. The van der Waals surface area contributed by atoms with E-state index in [0.717, 1.165) is 16.1 Å². The highest BCUT2D eigenvalue weighted by atomic mass is 32.2. The fourth-order valence-electron chi connectivity index (χ4n) is 2.52. The Labute approximate surface area is 159 Å². The summed E-state index contributed by atoms with van der Waals surface area (Å²) in [5, 5.41) is 11.6. The third kappa shape index (κ3) is 5.46. The maximum Gasteiger partial charge on any atom is 0.232 e. The van der Waals surface area contributed by atoms with Crippen molar-refractivity contribution in [1.82, 2.24) is 0 Å². The van der Waals surface area contributed by atoms with E-state index < -0.39 is 10.0 Å². The quantitative estimate of drug-likeness (QED) is 0.787. The topological polar surface area (TPSA) is 99.5 Å². The summed E-state index contributed by atoms with van der Waals surface area (Å²) >= 11 is 0. The zero-order chi connectivity index (χ0) is 20.0. The maximum atomic E-state index is 12.3. The van der Waals surface area contributed by atoms with Crippen molar-refractivity contribution >= 4 is 27.3 Å². The van der Waals surface area contributed by atoms with E-state index in [-0.39, 0.29) is 18.9 Å². The van der Waals surface area contributed by atoms with Crippen LogP contribution in [0.4, 0.5) is 11.4 Å². The molecule has 0 unspecified atom stereocenters. The van der Waals surface area contributed by atoms with Gasteiger partial charge in [0, 0.05) is 13.0 Å². The van der Waals surface area contributed by atoms with E-state index in [0.29, 0.717) is 22.7 Å². The lowest BCUT2D eigenvalue weighted by atomic mass is 10.2. The van der Waals surface area contributed by atoms with Gasteiger partial charge in [-0.1, -0.05) is 6.07 Å². The molecule has 1 amide bonds. The minimum atomic E-state index is -3.58. The lowest BCUT2D eigenvalue weighted by Crippen LogP contribution is -2.33. The van der Waals surface area contributed by atoms with Gasteiger partial charge in [-0.2, -0.15) is 5.26 Å². The van der Waals surface area contributed by atoms with Crippen molar-refractivity contribution in [1.29, 1.82) is 5.26 Å². The number of nitriles is 1. The first-order valence-electron chi connectivity index (χ1n) is 8.17. The van der Waals surface area contributed by atoms with Crippen LogP contribution in [-0.4, -0.2) is 34.2 Å². The van der Waals surface area contributed by atoms with Gasteiger partial charge >= 0.3 is 0 Å². The van der Waals surface area contributed by atoms with Gasteiger partial charge in [-0.25, -0.2) is 8.42 Å². The van der Waals surface area contributed by atoms with Crippen molar-refractivity contribution in [3.63, 3.8) is 0 Å². The van der Waals surface area contributed by atoms with Crippen molar-refractivity contribution in [2.24, 2.45) is 0 Å². The summed E-state index contributed by atoms with van der Waals surface area (Å²) in [6, 6.07) is 13.5. The van der Waals surface area contributed by atoms with Gasteiger partial charge in [-0.05, 0) is 48.9 Å².